The molecule has 9 heavy (non-hydrogen) atoms. The van der Waals surface area contributed by atoms with Crippen LogP contribution < -0.4 is 5.84 Å². The summed E-state index contributed by atoms with van der Waals surface area (Å²) in [4.78, 5) is 9.77. The Balaban J connectivity index is 2.30. The molecule has 52 valence electrons. The van der Waals surface area contributed by atoms with Crippen LogP contribution >= 0.6 is 0 Å². The maximum absolute atomic E-state index is 9.77. The normalized spacial score (nSPS) is 28.8. The van der Waals surface area contributed by atoms with Gasteiger partial charge >= 0.3 is 0 Å². The number of hydrazine groups is 1. The van der Waals surface area contributed by atoms with Crippen LogP contribution in [0.5, 0.6) is 0 Å². The van der Waals surface area contributed by atoms with E-state index in [2.05, 4.69) is 5.18 Å². The van der Waals surface area contributed by atoms with Gasteiger partial charge in [-0.15, -0.1) is 0 Å². The Morgan fingerprint density at radius 3 is 3.00 bits per heavy atom. The van der Waals surface area contributed by atoms with Gasteiger partial charge in [0.05, 0.1) is 6.54 Å². The van der Waals surface area contributed by atoms with Gasteiger partial charge in [-0.05, 0) is 12.8 Å². The molecule has 1 fully saturated rings. The van der Waals surface area contributed by atoms with Crippen LogP contribution in [0, 0.1) is 4.91 Å². The van der Waals surface area contributed by atoms with Crippen molar-refractivity contribution >= 4 is 0 Å². The van der Waals surface area contributed by atoms with E-state index < -0.39 is 0 Å². The molecule has 0 aromatic carbocycles. The molecule has 0 amide bonds. The molecular weight excluding hydrogens is 118 g/mol. The van der Waals surface area contributed by atoms with Crippen LogP contribution in [0.4, 0.5) is 0 Å². The van der Waals surface area contributed by atoms with E-state index in [1.54, 1.807) is 5.01 Å². The van der Waals surface area contributed by atoms with E-state index in [0.29, 0.717) is 6.54 Å². The van der Waals surface area contributed by atoms with E-state index >= 15 is 0 Å². The van der Waals surface area contributed by atoms with Gasteiger partial charge in [-0.25, -0.2) is 5.01 Å². The molecule has 1 heterocycles. The molecule has 1 aliphatic rings. The summed E-state index contributed by atoms with van der Waals surface area (Å²) >= 11 is 0. The van der Waals surface area contributed by atoms with Crippen LogP contribution in [0.25, 0.3) is 0 Å². The summed E-state index contributed by atoms with van der Waals surface area (Å²) in [5.74, 6) is 5.50. The molecule has 1 saturated heterocycles. The first-order chi connectivity index (χ1) is 4.34. The first-order valence-corrected chi connectivity index (χ1v) is 3.15. The van der Waals surface area contributed by atoms with Gasteiger partial charge in [0.2, 0.25) is 0 Å². The highest BCUT2D eigenvalue weighted by Gasteiger charge is 2.20. The van der Waals surface area contributed by atoms with Crippen molar-refractivity contribution in [1.82, 2.24) is 5.01 Å². The average molecular weight is 129 g/mol. The van der Waals surface area contributed by atoms with Crippen molar-refractivity contribution in [2.75, 3.05) is 13.1 Å². The Hall–Kier alpha value is -0.480. The summed E-state index contributed by atoms with van der Waals surface area (Å²) < 4.78 is 0. The SMILES string of the molecule is NN1CCCC1CN=O. The maximum atomic E-state index is 9.77. The van der Waals surface area contributed by atoms with Crippen molar-refractivity contribution < 1.29 is 0 Å². The van der Waals surface area contributed by atoms with Gasteiger partial charge < -0.3 is 0 Å². The summed E-state index contributed by atoms with van der Waals surface area (Å²) in [6.45, 7) is 1.25. The third-order valence-corrected chi connectivity index (χ3v) is 1.71. The van der Waals surface area contributed by atoms with Crippen LogP contribution in [0.2, 0.25) is 0 Å². The lowest BCUT2D eigenvalue weighted by Crippen LogP contribution is -2.37. The third-order valence-electron chi connectivity index (χ3n) is 1.71. The number of rotatable bonds is 2. The second-order valence-electron chi connectivity index (χ2n) is 2.35. The van der Waals surface area contributed by atoms with Crippen molar-refractivity contribution in [3.05, 3.63) is 4.91 Å². The van der Waals surface area contributed by atoms with E-state index in [9.17, 15) is 4.91 Å². The second kappa shape index (κ2) is 2.89. The van der Waals surface area contributed by atoms with Crippen molar-refractivity contribution in [1.29, 1.82) is 0 Å². The highest BCUT2D eigenvalue weighted by atomic mass is 16.3. The Morgan fingerprint density at radius 2 is 2.56 bits per heavy atom. The quantitative estimate of drug-likeness (QED) is 0.424. The van der Waals surface area contributed by atoms with Gasteiger partial charge in [-0.2, -0.15) is 4.91 Å². The zero-order valence-electron chi connectivity index (χ0n) is 5.29. The molecule has 4 nitrogen and oxygen atoms in total. The lowest BCUT2D eigenvalue weighted by Gasteiger charge is -2.14. The monoisotopic (exact) mass is 129 g/mol. The molecule has 1 unspecified atom stereocenters. The molecule has 1 atom stereocenters. The maximum Gasteiger partial charge on any atom is 0.0980 e. The Morgan fingerprint density at radius 1 is 1.78 bits per heavy atom. The lowest BCUT2D eigenvalue weighted by molar-refractivity contribution is 0.267. The fourth-order valence-electron chi connectivity index (χ4n) is 1.14. The lowest BCUT2D eigenvalue weighted by atomic mass is 10.2. The first-order valence-electron chi connectivity index (χ1n) is 3.15. The molecule has 0 radical (unpaired) electrons. The summed E-state index contributed by atoms with van der Waals surface area (Å²) in [7, 11) is 0. The van der Waals surface area contributed by atoms with Crippen LogP contribution in [-0.4, -0.2) is 24.1 Å². The highest BCUT2D eigenvalue weighted by molar-refractivity contribution is 4.76. The van der Waals surface area contributed by atoms with Gasteiger partial charge in [-0.1, -0.05) is 5.18 Å². The minimum atomic E-state index is 0.211. The van der Waals surface area contributed by atoms with Gasteiger partial charge in [-0.3, -0.25) is 5.84 Å². The zero-order valence-corrected chi connectivity index (χ0v) is 5.29. The number of nitrogens with zero attached hydrogens (tertiary/aromatic N) is 2. The Bertz CT molecular complexity index is 106. The molecule has 0 bridgehead atoms. The van der Waals surface area contributed by atoms with E-state index in [0.717, 1.165) is 19.4 Å². The van der Waals surface area contributed by atoms with E-state index in [4.69, 9.17) is 5.84 Å². The van der Waals surface area contributed by atoms with Crippen molar-refractivity contribution in [3.8, 4) is 0 Å². The number of hydrogen-bond acceptors (Lipinski definition) is 4. The molecule has 0 aliphatic carbocycles. The standard InChI is InChI=1S/C5H11N3O/c6-8-3-1-2-5(8)4-7-9/h5H,1-4,6H2. The molecule has 0 aromatic heterocycles. The van der Waals surface area contributed by atoms with Gasteiger partial charge in [0.1, 0.15) is 0 Å². The molecule has 0 saturated carbocycles. The van der Waals surface area contributed by atoms with Crippen molar-refractivity contribution in [3.63, 3.8) is 0 Å². The third kappa shape index (κ3) is 1.46. The molecule has 0 aromatic rings. The van der Waals surface area contributed by atoms with Crippen LogP contribution in [0.3, 0.4) is 0 Å². The molecule has 1 rings (SSSR count). The fraction of sp³-hybridized carbons (Fsp3) is 1.00. The Labute approximate surface area is 54.0 Å². The van der Waals surface area contributed by atoms with Crippen molar-refractivity contribution in [2.45, 2.75) is 18.9 Å². The predicted molar refractivity (Wildman–Crippen MR) is 34.6 cm³/mol. The minimum Gasteiger partial charge on any atom is -0.268 e. The summed E-state index contributed by atoms with van der Waals surface area (Å²) in [5, 5.41) is 4.49. The number of nitrogens with two attached hydrogens (primary N) is 1. The van der Waals surface area contributed by atoms with E-state index in [1.807, 2.05) is 0 Å². The number of hydrogen-bond donors (Lipinski definition) is 1. The van der Waals surface area contributed by atoms with Crippen molar-refractivity contribution in [2.24, 2.45) is 11.0 Å². The first kappa shape index (κ1) is 6.64. The Kier molecular flexibility index (Phi) is 2.13. The topological polar surface area (TPSA) is 58.7 Å². The van der Waals surface area contributed by atoms with Crippen LogP contribution in [0.1, 0.15) is 12.8 Å². The van der Waals surface area contributed by atoms with E-state index in [1.165, 1.54) is 0 Å². The summed E-state index contributed by atoms with van der Waals surface area (Å²) in [6.07, 6.45) is 2.11. The number of nitroso groups, excluding NO2 is 1. The highest BCUT2D eigenvalue weighted by Crippen LogP contribution is 2.12. The molecule has 2 N–H and O–H groups in total. The molecule has 0 spiro atoms. The summed E-state index contributed by atoms with van der Waals surface area (Å²) in [6, 6.07) is 0.211. The van der Waals surface area contributed by atoms with Gasteiger partial charge in [0.25, 0.3) is 0 Å². The van der Waals surface area contributed by atoms with Crippen LogP contribution in [0.15, 0.2) is 5.18 Å². The molecule has 4 heteroatoms. The van der Waals surface area contributed by atoms with E-state index in [-0.39, 0.29) is 6.04 Å². The average Bonchev–Trinajstić information content (AvgIpc) is 2.18. The molecule has 1 aliphatic heterocycles. The zero-order chi connectivity index (χ0) is 6.69. The minimum absolute atomic E-state index is 0.211. The predicted octanol–water partition coefficient (Wildman–Crippen LogP) is 0.0909. The smallest absolute Gasteiger partial charge is 0.0980 e. The summed E-state index contributed by atoms with van der Waals surface area (Å²) in [5.41, 5.74) is 0. The largest absolute Gasteiger partial charge is 0.268 e. The fourth-order valence-corrected chi connectivity index (χ4v) is 1.14. The van der Waals surface area contributed by atoms with Gasteiger partial charge in [0.15, 0.2) is 0 Å². The molecular formula is C5H11N3O. The van der Waals surface area contributed by atoms with Gasteiger partial charge in [0, 0.05) is 12.6 Å². The second-order valence-corrected chi connectivity index (χ2v) is 2.35. The van der Waals surface area contributed by atoms with Crippen LogP contribution in [-0.2, 0) is 0 Å².